The molecule has 3 N–H and O–H groups in total. The van der Waals surface area contributed by atoms with E-state index >= 15 is 0 Å². The fourth-order valence-electron chi connectivity index (χ4n) is 1.89. The minimum Gasteiger partial charge on any atom is -0.508 e. The van der Waals surface area contributed by atoms with E-state index in [9.17, 15) is 5.11 Å². The molecule has 86 valence electrons. The van der Waals surface area contributed by atoms with Crippen molar-refractivity contribution in [1.29, 1.82) is 0 Å². The molecule has 2 aromatic rings. The lowest BCUT2D eigenvalue weighted by atomic mass is 10.2. The van der Waals surface area contributed by atoms with Crippen molar-refractivity contribution < 1.29 is 5.11 Å². The summed E-state index contributed by atoms with van der Waals surface area (Å²) in [6.45, 7) is 0. The third-order valence-corrected chi connectivity index (χ3v) is 3.07. The van der Waals surface area contributed by atoms with Crippen LogP contribution in [0.2, 0.25) is 0 Å². The summed E-state index contributed by atoms with van der Waals surface area (Å²) in [4.78, 5) is 8.65. The molecule has 2 unspecified atom stereocenters. The highest BCUT2D eigenvalue weighted by Gasteiger charge is 2.35. The van der Waals surface area contributed by atoms with Crippen LogP contribution in [-0.2, 0) is 0 Å². The molecule has 0 radical (unpaired) electrons. The summed E-state index contributed by atoms with van der Waals surface area (Å²) >= 11 is 0. The molecular formula is C13H13N3O. The number of nitrogens with zero attached hydrogens (tertiary/aromatic N) is 2. The van der Waals surface area contributed by atoms with E-state index < -0.39 is 0 Å². The number of aromatic nitrogens is 2. The fourth-order valence-corrected chi connectivity index (χ4v) is 1.89. The number of phenols is 1. The second-order valence-corrected chi connectivity index (χ2v) is 4.39. The molecule has 0 amide bonds. The van der Waals surface area contributed by atoms with Crippen molar-refractivity contribution in [3.8, 4) is 17.1 Å². The number of hydrogen-bond donors (Lipinski definition) is 2. The molecule has 1 fully saturated rings. The van der Waals surface area contributed by atoms with E-state index in [0.29, 0.717) is 11.7 Å². The van der Waals surface area contributed by atoms with Crippen LogP contribution in [0.15, 0.2) is 36.7 Å². The molecule has 1 saturated carbocycles. The Kier molecular flexibility index (Phi) is 2.30. The van der Waals surface area contributed by atoms with Crippen LogP contribution in [0.3, 0.4) is 0 Å². The second kappa shape index (κ2) is 3.82. The van der Waals surface area contributed by atoms with Gasteiger partial charge in [-0.25, -0.2) is 9.97 Å². The van der Waals surface area contributed by atoms with Gasteiger partial charge in [-0.15, -0.1) is 0 Å². The first kappa shape index (κ1) is 10.2. The zero-order chi connectivity index (χ0) is 11.8. The van der Waals surface area contributed by atoms with Crippen LogP contribution in [-0.4, -0.2) is 21.1 Å². The summed E-state index contributed by atoms with van der Waals surface area (Å²) in [5.74, 6) is 1.35. The quantitative estimate of drug-likeness (QED) is 0.818. The standard InChI is InChI=1S/C13H13N3O/c14-12-5-11(12)9-6-15-13(16-7-9)8-1-3-10(17)4-2-8/h1-4,6-7,11-12,17H,5,14H2. The third-order valence-electron chi connectivity index (χ3n) is 3.07. The minimum absolute atomic E-state index is 0.245. The fraction of sp³-hybridized carbons (Fsp3) is 0.231. The SMILES string of the molecule is NC1CC1c1cnc(-c2ccc(O)cc2)nc1. The number of phenolic OH excluding ortho intramolecular Hbond substituents is 1. The van der Waals surface area contributed by atoms with Gasteiger partial charge in [-0.2, -0.15) is 0 Å². The zero-order valence-electron chi connectivity index (χ0n) is 9.24. The van der Waals surface area contributed by atoms with Crippen LogP contribution < -0.4 is 5.73 Å². The lowest BCUT2D eigenvalue weighted by Gasteiger charge is -2.02. The molecule has 0 spiro atoms. The monoisotopic (exact) mass is 227 g/mol. The lowest BCUT2D eigenvalue weighted by Crippen LogP contribution is -2.01. The van der Waals surface area contributed by atoms with Gasteiger partial charge in [0.05, 0.1) is 0 Å². The predicted molar refractivity (Wildman–Crippen MR) is 64.5 cm³/mol. The molecule has 17 heavy (non-hydrogen) atoms. The van der Waals surface area contributed by atoms with Crippen LogP contribution in [0.5, 0.6) is 5.75 Å². The molecule has 4 nitrogen and oxygen atoms in total. The summed E-state index contributed by atoms with van der Waals surface area (Å²) in [7, 11) is 0. The molecule has 1 aliphatic carbocycles. The molecule has 2 atom stereocenters. The largest absolute Gasteiger partial charge is 0.508 e. The van der Waals surface area contributed by atoms with E-state index in [1.54, 1.807) is 24.3 Å². The van der Waals surface area contributed by atoms with Gasteiger partial charge in [0.1, 0.15) is 5.75 Å². The molecule has 1 aromatic carbocycles. The van der Waals surface area contributed by atoms with Crippen molar-refractivity contribution in [1.82, 2.24) is 9.97 Å². The molecule has 3 rings (SSSR count). The normalized spacial score (nSPS) is 22.4. The highest BCUT2D eigenvalue weighted by atomic mass is 16.3. The van der Waals surface area contributed by atoms with E-state index in [2.05, 4.69) is 9.97 Å². The number of rotatable bonds is 2. The van der Waals surface area contributed by atoms with Gasteiger partial charge >= 0.3 is 0 Å². The second-order valence-electron chi connectivity index (χ2n) is 4.39. The van der Waals surface area contributed by atoms with Crippen molar-refractivity contribution in [2.75, 3.05) is 0 Å². The average Bonchev–Trinajstić information content (AvgIpc) is 3.08. The summed E-state index contributed by atoms with van der Waals surface area (Å²) < 4.78 is 0. The van der Waals surface area contributed by atoms with Crippen molar-refractivity contribution >= 4 is 0 Å². The van der Waals surface area contributed by atoms with Gasteiger partial charge in [0.25, 0.3) is 0 Å². The van der Waals surface area contributed by atoms with E-state index in [4.69, 9.17) is 5.73 Å². The van der Waals surface area contributed by atoms with Crippen LogP contribution >= 0.6 is 0 Å². The van der Waals surface area contributed by atoms with Crippen molar-refractivity contribution in [2.24, 2.45) is 5.73 Å². The van der Waals surface area contributed by atoms with Crippen molar-refractivity contribution in [3.05, 3.63) is 42.2 Å². The maximum atomic E-state index is 9.20. The number of nitrogens with two attached hydrogens (primary N) is 1. The Morgan fingerprint density at radius 3 is 2.24 bits per heavy atom. The smallest absolute Gasteiger partial charge is 0.159 e. The molecule has 1 aromatic heterocycles. The van der Waals surface area contributed by atoms with Gasteiger partial charge in [-0.05, 0) is 36.2 Å². The molecular weight excluding hydrogens is 214 g/mol. The average molecular weight is 227 g/mol. The first-order valence-corrected chi connectivity index (χ1v) is 5.61. The number of hydrogen-bond acceptors (Lipinski definition) is 4. The Hall–Kier alpha value is -1.94. The molecule has 0 bridgehead atoms. The van der Waals surface area contributed by atoms with Gasteiger partial charge in [0.15, 0.2) is 5.82 Å². The van der Waals surface area contributed by atoms with Crippen molar-refractivity contribution in [3.63, 3.8) is 0 Å². The molecule has 1 aliphatic rings. The maximum absolute atomic E-state index is 9.20. The third kappa shape index (κ3) is 1.99. The minimum atomic E-state index is 0.245. The summed E-state index contributed by atoms with van der Waals surface area (Å²) in [5.41, 5.74) is 7.79. The summed E-state index contributed by atoms with van der Waals surface area (Å²) in [6.07, 6.45) is 4.71. The van der Waals surface area contributed by atoms with E-state index in [-0.39, 0.29) is 11.8 Å². The van der Waals surface area contributed by atoms with Crippen LogP contribution in [0.1, 0.15) is 17.9 Å². The molecule has 0 aliphatic heterocycles. The van der Waals surface area contributed by atoms with Gasteiger partial charge in [-0.3, -0.25) is 0 Å². The van der Waals surface area contributed by atoms with Crippen LogP contribution in [0.4, 0.5) is 0 Å². The Morgan fingerprint density at radius 1 is 1.12 bits per heavy atom. The number of aromatic hydroxyl groups is 1. The maximum Gasteiger partial charge on any atom is 0.159 e. The van der Waals surface area contributed by atoms with E-state index in [1.807, 2.05) is 12.4 Å². The number of benzene rings is 1. The van der Waals surface area contributed by atoms with E-state index in [1.165, 1.54) is 0 Å². The lowest BCUT2D eigenvalue weighted by molar-refractivity contribution is 0.475. The topological polar surface area (TPSA) is 72.0 Å². The van der Waals surface area contributed by atoms with Crippen LogP contribution in [0, 0.1) is 0 Å². The van der Waals surface area contributed by atoms with Gasteiger partial charge in [0, 0.05) is 29.9 Å². The van der Waals surface area contributed by atoms with Crippen molar-refractivity contribution in [2.45, 2.75) is 18.4 Å². The van der Waals surface area contributed by atoms with Crippen LogP contribution in [0.25, 0.3) is 11.4 Å². The van der Waals surface area contributed by atoms with E-state index in [0.717, 1.165) is 17.5 Å². The summed E-state index contributed by atoms with van der Waals surface area (Å²) in [6, 6.07) is 7.13. The first-order chi connectivity index (χ1) is 8.24. The summed E-state index contributed by atoms with van der Waals surface area (Å²) in [5, 5.41) is 9.20. The Labute approximate surface area is 99.2 Å². The highest BCUT2D eigenvalue weighted by molar-refractivity contribution is 5.55. The highest BCUT2D eigenvalue weighted by Crippen LogP contribution is 2.38. The first-order valence-electron chi connectivity index (χ1n) is 5.61. The predicted octanol–water partition coefficient (Wildman–Crippen LogP) is 1.66. The Balaban J connectivity index is 1.86. The van der Waals surface area contributed by atoms with Gasteiger partial charge < -0.3 is 10.8 Å². The molecule has 0 saturated heterocycles. The zero-order valence-corrected chi connectivity index (χ0v) is 9.24. The van der Waals surface area contributed by atoms with Gasteiger partial charge in [0.2, 0.25) is 0 Å². The Bertz CT molecular complexity index is 521. The molecule has 1 heterocycles. The molecule has 4 heteroatoms. The van der Waals surface area contributed by atoms with Gasteiger partial charge in [-0.1, -0.05) is 0 Å². The Morgan fingerprint density at radius 2 is 1.71 bits per heavy atom.